The van der Waals surface area contributed by atoms with Crippen LogP contribution in [-0.2, 0) is 19.5 Å². The molecule has 0 aromatic carbocycles. The normalized spacial score (nSPS) is 26.9. The lowest BCUT2D eigenvalue weighted by Gasteiger charge is -2.44. The summed E-state index contributed by atoms with van der Waals surface area (Å²) in [7, 11) is -3.19. The minimum absolute atomic E-state index is 0.0391. The Labute approximate surface area is 128 Å². The Hall–Kier alpha value is -0.210. The molecule has 2 heterocycles. The first-order chi connectivity index (χ1) is 9.70. The smallest absolute Gasteiger partial charge is 0.209 e. The quantitative estimate of drug-likeness (QED) is 0.777. The van der Waals surface area contributed by atoms with Crippen molar-refractivity contribution in [1.82, 2.24) is 10.0 Å². The third kappa shape index (κ3) is 5.49. The van der Waals surface area contributed by atoms with Gasteiger partial charge in [0.1, 0.15) is 0 Å². The van der Waals surface area contributed by atoms with E-state index in [4.69, 9.17) is 9.47 Å². The average molecular weight is 320 g/mol. The van der Waals surface area contributed by atoms with E-state index >= 15 is 0 Å². The summed E-state index contributed by atoms with van der Waals surface area (Å²) in [6.07, 6.45) is 5.05. The van der Waals surface area contributed by atoms with Gasteiger partial charge in [-0.15, -0.1) is 0 Å². The SMILES string of the molecule is CC(C)(CNC1CCOC2(CCOCC2)C1)NS(C)(=O)=O. The zero-order valence-corrected chi connectivity index (χ0v) is 14.1. The Balaban J connectivity index is 1.85. The zero-order chi connectivity index (χ0) is 15.6. The number of hydrogen-bond donors (Lipinski definition) is 2. The highest BCUT2D eigenvalue weighted by Gasteiger charge is 2.39. The topological polar surface area (TPSA) is 76.7 Å². The molecule has 1 unspecified atom stereocenters. The third-order valence-corrected chi connectivity index (χ3v) is 5.11. The van der Waals surface area contributed by atoms with Crippen molar-refractivity contribution in [3.05, 3.63) is 0 Å². The average Bonchev–Trinajstić information content (AvgIpc) is 2.35. The molecular weight excluding hydrogens is 292 g/mol. The first kappa shape index (κ1) is 17.1. The summed E-state index contributed by atoms with van der Waals surface area (Å²) in [6.45, 7) is 6.70. The maximum absolute atomic E-state index is 11.4. The molecule has 124 valence electrons. The molecule has 2 aliphatic rings. The van der Waals surface area contributed by atoms with Crippen LogP contribution in [0.15, 0.2) is 0 Å². The van der Waals surface area contributed by atoms with Gasteiger partial charge in [0.05, 0.1) is 11.9 Å². The van der Waals surface area contributed by atoms with Crippen molar-refractivity contribution in [3.8, 4) is 0 Å². The monoisotopic (exact) mass is 320 g/mol. The minimum Gasteiger partial charge on any atom is -0.381 e. The lowest BCUT2D eigenvalue weighted by atomic mass is 9.84. The number of ether oxygens (including phenoxy) is 2. The number of hydrogen-bond acceptors (Lipinski definition) is 5. The van der Waals surface area contributed by atoms with E-state index in [9.17, 15) is 8.42 Å². The Kier molecular flexibility index (Phi) is 5.31. The van der Waals surface area contributed by atoms with Crippen LogP contribution < -0.4 is 10.0 Å². The van der Waals surface area contributed by atoms with Crippen LogP contribution in [-0.4, -0.2) is 58.2 Å². The largest absolute Gasteiger partial charge is 0.381 e. The second-order valence-electron chi connectivity index (χ2n) is 6.97. The first-order valence-electron chi connectivity index (χ1n) is 7.64. The van der Waals surface area contributed by atoms with E-state index in [-0.39, 0.29) is 5.60 Å². The molecule has 0 radical (unpaired) electrons. The van der Waals surface area contributed by atoms with E-state index in [1.54, 1.807) is 0 Å². The van der Waals surface area contributed by atoms with Gasteiger partial charge in [-0.1, -0.05) is 0 Å². The van der Waals surface area contributed by atoms with Gasteiger partial charge in [0.2, 0.25) is 10.0 Å². The number of sulfonamides is 1. The van der Waals surface area contributed by atoms with Gasteiger partial charge < -0.3 is 14.8 Å². The Morgan fingerprint density at radius 1 is 1.24 bits per heavy atom. The third-order valence-electron chi connectivity index (χ3n) is 4.19. The van der Waals surface area contributed by atoms with E-state index in [1.807, 2.05) is 13.8 Å². The van der Waals surface area contributed by atoms with Gasteiger partial charge in [0, 0.05) is 37.9 Å². The Bertz CT molecular complexity index is 438. The minimum atomic E-state index is -3.19. The molecule has 1 spiro atoms. The fourth-order valence-electron chi connectivity index (χ4n) is 3.23. The Morgan fingerprint density at radius 2 is 1.90 bits per heavy atom. The van der Waals surface area contributed by atoms with Gasteiger partial charge in [-0.25, -0.2) is 13.1 Å². The predicted octanol–water partition coefficient (Wildman–Crippen LogP) is 0.632. The lowest BCUT2D eigenvalue weighted by molar-refractivity contribution is -0.140. The van der Waals surface area contributed by atoms with Crippen molar-refractivity contribution < 1.29 is 17.9 Å². The summed E-state index contributed by atoms with van der Waals surface area (Å²) in [5, 5.41) is 3.51. The van der Waals surface area contributed by atoms with Crippen LogP contribution in [0, 0.1) is 0 Å². The molecule has 0 aromatic rings. The second kappa shape index (κ2) is 6.50. The van der Waals surface area contributed by atoms with E-state index in [0.29, 0.717) is 12.6 Å². The van der Waals surface area contributed by atoms with Crippen LogP contribution >= 0.6 is 0 Å². The second-order valence-corrected chi connectivity index (χ2v) is 8.72. The van der Waals surface area contributed by atoms with Crippen LogP contribution in [0.25, 0.3) is 0 Å². The lowest BCUT2D eigenvalue weighted by Crippen LogP contribution is -2.55. The van der Waals surface area contributed by atoms with Crippen LogP contribution in [0.2, 0.25) is 0 Å². The summed E-state index contributed by atoms with van der Waals surface area (Å²) in [5.41, 5.74) is -0.530. The molecule has 6 nitrogen and oxygen atoms in total. The molecule has 2 aliphatic heterocycles. The van der Waals surface area contributed by atoms with Crippen molar-refractivity contribution >= 4 is 10.0 Å². The molecular formula is C14H28N2O4S. The van der Waals surface area contributed by atoms with Crippen molar-refractivity contribution in [2.45, 2.75) is 56.7 Å². The molecule has 0 amide bonds. The van der Waals surface area contributed by atoms with Gasteiger partial charge in [0.15, 0.2) is 0 Å². The summed E-state index contributed by atoms with van der Waals surface area (Å²) < 4.78 is 36.8. The predicted molar refractivity (Wildman–Crippen MR) is 81.8 cm³/mol. The van der Waals surface area contributed by atoms with Crippen LogP contribution in [0.3, 0.4) is 0 Å². The van der Waals surface area contributed by atoms with Crippen molar-refractivity contribution in [2.75, 3.05) is 32.6 Å². The molecule has 0 saturated carbocycles. The Morgan fingerprint density at radius 3 is 2.52 bits per heavy atom. The van der Waals surface area contributed by atoms with Crippen LogP contribution in [0.4, 0.5) is 0 Å². The van der Waals surface area contributed by atoms with Crippen LogP contribution in [0.5, 0.6) is 0 Å². The van der Waals surface area contributed by atoms with Gasteiger partial charge in [-0.3, -0.25) is 0 Å². The van der Waals surface area contributed by atoms with Crippen molar-refractivity contribution in [1.29, 1.82) is 0 Å². The van der Waals surface area contributed by atoms with Gasteiger partial charge in [0.25, 0.3) is 0 Å². The summed E-state index contributed by atoms with van der Waals surface area (Å²) in [5.74, 6) is 0. The zero-order valence-electron chi connectivity index (χ0n) is 13.3. The highest BCUT2D eigenvalue weighted by molar-refractivity contribution is 7.88. The summed E-state index contributed by atoms with van der Waals surface area (Å²) >= 11 is 0. The highest BCUT2D eigenvalue weighted by atomic mass is 32.2. The van der Waals surface area contributed by atoms with Crippen molar-refractivity contribution in [3.63, 3.8) is 0 Å². The molecule has 0 aromatic heterocycles. The molecule has 2 saturated heterocycles. The maximum atomic E-state index is 11.4. The summed E-state index contributed by atoms with van der Waals surface area (Å²) in [4.78, 5) is 0. The number of nitrogens with one attached hydrogen (secondary N) is 2. The van der Waals surface area contributed by atoms with Gasteiger partial charge in [-0.05, 0) is 39.5 Å². The fourth-order valence-corrected chi connectivity index (χ4v) is 4.31. The molecule has 0 bridgehead atoms. The van der Waals surface area contributed by atoms with E-state index in [2.05, 4.69) is 10.0 Å². The van der Waals surface area contributed by atoms with Gasteiger partial charge in [-0.2, -0.15) is 0 Å². The molecule has 2 N–H and O–H groups in total. The van der Waals surface area contributed by atoms with Gasteiger partial charge >= 0.3 is 0 Å². The van der Waals surface area contributed by atoms with E-state index in [0.717, 1.165) is 45.5 Å². The highest BCUT2D eigenvalue weighted by Crippen LogP contribution is 2.34. The maximum Gasteiger partial charge on any atom is 0.209 e. The van der Waals surface area contributed by atoms with Crippen LogP contribution in [0.1, 0.15) is 39.5 Å². The van der Waals surface area contributed by atoms with Crippen molar-refractivity contribution in [2.24, 2.45) is 0 Å². The molecule has 2 fully saturated rings. The molecule has 21 heavy (non-hydrogen) atoms. The first-order valence-corrected chi connectivity index (χ1v) is 9.53. The molecule has 0 aliphatic carbocycles. The number of rotatable bonds is 5. The molecule has 1 atom stereocenters. The molecule has 7 heteroatoms. The fraction of sp³-hybridized carbons (Fsp3) is 1.00. The summed E-state index contributed by atoms with van der Waals surface area (Å²) in [6, 6.07) is 0.373. The standard InChI is InChI=1S/C14H28N2O4S/c1-13(2,16-21(3,17)18)11-15-12-4-7-20-14(10-12)5-8-19-9-6-14/h12,15-16H,4-11H2,1-3H3. The molecule has 2 rings (SSSR count). The van der Waals surface area contributed by atoms with E-state index in [1.165, 1.54) is 6.26 Å². The van der Waals surface area contributed by atoms with E-state index < -0.39 is 15.6 Å².